The van der Waals surface area contributed by atoms with Gasteiger partial charge in [0, 0.05) is 16.5 Å². The zero-order valence-corrected chi connectivity index (χ0v) is 20.7. The van der Waals surface area contributed by atoms with Gasteiger partial charge in [-0.25, -0.2) is 0 Å². The Bertz CT molecular complexity index is 1060. The Morgan fingerprint density at radius 3 is 2.17 bits per heavy atom. The number of hydrogen-bond acceptors (Lipinski definition) is 4. The molecule has 0 spiro atoms. The number of amides is 2. The molecule has 0 aromatic heterocycles. The van der Waals surface area contributed by atoms with Gasteiger partial charge in [-0.05, 0) is 53.8 Å². The molecule has 0 bridgehead atoms. The van der Waals surface area contributed by atoms with Gasteiger partial charge < -0.3 is 15.4 Å². The highest BCUT2D eigenvalue weighted by Gasteiger charge is 2.45. The molecule has 0 fully saturated rings. The lowest BCUT2D eigenvalue weighted by molar-refractivity contribution is -0.175. The van der Waals surface area contributed by atoms with E-state index in [1.54, 1.807) is 30.3 Å². The number of carbonyl (C=O) groups is 3. The van der Waals surface area contributed by atoms with Crippen LogP contribution in [0.15, 0.2) is 42.5 Å². The lowest BCUT2D eigenvalue weighted by Crippen LogP contribution is -2.52. The molecule has 0 saturated carbocycles. The molecule has 2 aromatic carbocycles. The number of carbonyl (C=O) groups excluding carboxylic acids is 3. The second-order valence-corrected chi connectivity index (χ2v) is 9.02. The van der Waals surface area contributed by atoms with Crippen molar-refractivity contribution in [3.05, 3.63) is 63.6 Å². The summed E-state index contributed by atoms with van der Waals surface area (Å²) in [6, 6.07) is 7.79. The van der Waals surface area contributed by atoms with Gasteiger partial charge in [0.15, 0.2) is 0 Å². The Balaban J connectivity index is 2.26. The van der Waals surface area contributed by atoms with Crippen molar-refractivity contribution in [3.63, 3.8) is 0 Å². The van der Waals surface area contributed by atoms with Crippen molar-refractivity contribution >= 4 is 40.8 Å². The summed E-state index contributed by atoms with van der Waals surface area (Å²) in [5.41, 5.74) is 0.957. The second-order valence-electron chi connectivity index (χ2n) is 8.15. The van der Waals surface area contributed by atoms with Crippen LogP contribution in [0.5, 0.6) is 5.75 Å². The maximum atomic E-state index is 13.1. The molecule has 0 saturated heterocycles. The van der Waals surface area contributed by atoms with Crippen molar-refractivity contribution < 1.29 is 32.3 Å². The number of alkyl halides is 3. The summed E-state index contributed by atoms with van der Waals surface area (Å²) in [7, 11) is 1.40. The lowest BCUT2D eigenvalue weighted by atomic mass is 9.97. The number of nitrogens with one attached hydrogen (secondary N) is 2. The zero-order chi connectivity index (χ0) is 26.3. The first kappa shape index (κ1) is 28.5. The maximum Gasteiger partial charge on any atom is 0.452 e. The van der Waals surface area contributed by atoms with Crippen LogP contribution in [0.1, 0.15) is 37.4 Å². The van der Waals surface area contributed by atoms with E-state index in [4.69, 9.17) is 27.9 Å². The van der Waals surface area contributed by atoms with Crippen molar-refractivity contribution in [2.75, 3.05) is 7.11 Å². The summed E-state index contributed by atoms with van der Waals surface area (Å²) < 4.78 is 44.3. The van der Waals surface area contributed by atoms with Crippen LogP contribution in [0.3, 0.4) is 0 Å². The molecule has 6 nitrogen and oxygen atoms in total. The first-order chi connectivity index (χ1) is 16.3. The van der Waals surface area contributed by atoms with Crippen LogP contribution < -0.4 is 15.4 Å². The first-order valence-corrected chi connectivity index (χ1v) is 11.4. The third-order valence-electron chi connectivity index (χ3n) is 5.08. The molecule has 2 amide bonds. The van der Waals surface area contributed by atoms with Gasteiger partial charge >= 0.3 is 6.18 Å². The summed E-state index contributed by atoms with van der Waals surface area (Å²) in [4.78, 5) is 37.6. The van der Waals surface area contributed by atoms with Crippen molar-refractivity contribution in [2.24, 2.45) is 5.92 Å². The van der Waals surface area contributed by atoms with Gasteiger partial charge in [0.2, 0.25) is 11.8 Å². The highest BCUT2D eigenvalue weighted by Crippen LogP contribution is 2.24. The fourth-order valence-corrected chi connectivity index (χ4v) is 3.89. The summed E-state index contributed by atoms with van der Waals surface area (Å²) in [5, 5.41) is 5.49. The highest BCUT2D eigenvalue weighted by atomic mass is 35.5. The molecule has 190 valence electrons. The van der Waals surface area contributed by atoms with Crippen LogP contribution in [0.4, 0.5) is 13.2 Å². The van der Waals surface area contributed by atoms with Gasteiger partial charge in [0.25, 0.3) is 5.78 Å². The summed E-state index contributed by atoms with van der Waals surface area (Å²) >= 11 is 11.9. The van der Waals surface area contributed by atoms with Gasteiger partial charge in [-0.2, -0.15) is 13.2 Å². The molecule has 2 N–H and O–H groups in total. The Morgan fingerprint density at radius 1 is 1.00 bits per heavy atom. The number of hydrogen-bond donors (Lipinski definition) is 2. The van der Waals surface area contributed by atoms with Crippen molar-refractivity contribution in [1.82, 2.24) is 10.6 Å². The molecular formula is C24H25Cl2F3N2O4. The molecule has 0 radical (unpaired) electrons. The van der Waals surface area contributed by atoms with E-state index in [9.17, 15) is 27.6 Å². The van der Waals surface area contributed by atoms with Gasteiger partial charge in [-0.15, -0.1) is 0 Å². The highest BCUT2D eigenvalue weighted by molar-refractivity contribution is 6.34. The van der Waals surface area contributed by atoms with Crippen LogP contribution in [-0.2, 0) is 20.8 Å². The van der Waals surface area contributed by atoms with Crippen LogP contribution in [0, 0.1) is 5.92 Å². The zero-order valence-electron chi connectivity index (χ0n) is 19.2. The summed E-state index contributed by atoms with van der Waals surface area (Å²) in [6.07, 6.45) is -4.94. The van der Waals surface area contributed by atoms with Crippen LogP contribution in [-0.4, -0.2) is 36.9 Å². The Hall–Kier alpha value is -2.78. The first-order valence-electron chi connectivity index (χ1n) is 10.6. The molecule has 35 heavy (non-hydrogen) atoms. The minimum Gasteiger partial charge on any atom is -0.497 e. The number of methoxy groups -OCH3 is 1. The second kappa shape index (κ2) is 12.3. The fourth-order valence-electron chi connectivity index (χ4n) is 3.32. The van der Waals surface area contributed by atoms with E-state index in [1.165, 1.54) is 33.1 Å². The smallest absolute Gasteiger partial charge is 0.452 e. The Kier molecular flexibility index (Phi) is 9.97. The number of benzene rings is 2. The molecular weight excluding hydrogens is 508 g/mol. The minimum atomic E-state index is -5.13. The third kappa shape index (κ3) is 8.43. The number of Topliss-reactive ketones (excluding diaryl/α,β-unsaturated/α-hetero) is 1. The van der Waals surface area contributed by atoms with Crippen LogP contribution in [0.25, 0.3) is 0 Å². The average Bonchev–Trinajstić information content (AvgIpc) is 2.77. The van der Waals surface area contributed by atoms with E-state index < -0.39 is 41.8 Å². The number of ketones is 1. The number of aryl methyl sites for hydroxylation is 1. The lowest BCUT2D eigenvalue weighted by Gasteiger charge is -2.26. The van der Waals surface area contributed by atoms with E-state index in [0.29, 0.717) is 21.4 Å². The average molecular weight is 533 g/mol. The molecule has 2 rings (SSSR count). The van der Waals surface area contributed by atoms with Crippen LogP contribution in [0.2, 0.25) is 10.0 Å². The largest absolute Gasteiger partial charge is 0.497 e. The predicted octanol–water partition coefficient (Wildman–Crippen LogP) is 5.06. The third-order valence-corrected chi connectivity index (χ3v) is 5.52. The number of halogens is 5. The maximum absolute atomic E-state index is 13.1. The van der Waals surface area contributed by atoms with E-state index in [-0.39, 0.29) is 18.4 Å². The topological polar surface area (TPSA) is 84.5 Å². The standard InChI is InChI=1S/C24H25Cl2F3N2O4/c1-13(2)20(22(33)24(27,28)29)31-23(34)21(15-5-4-6-18(11-15)35-3)30-19(32)8-7-14-9-16(25)12-17(26)10-14/h4-6,9-13,20-21H,7-8H2,1-3H3,(H,30,32)(H,31,34)/t20-,21+/m0/s1. The SMILES string of the molecule is COc1cccc([C@@H](NC(=O)CCc2cc(Cl)cc(Cl)c2)C(=O)N[C@H](C(=O)C(F)(F)F)C(C)C)c1. The molecule has 2 atom stereocenters. The van der Waals surface area contributed by atoms with Gasteiger partial charge in [0.1, 0.15) is 11.8 Å². The van der Waals surface area contributed by atoms with Gasteiger partial charge in [0.05, 0.1) is 13.2 Å². The summed E-state index contributed by atoms with van der Waals surface area (Å²) in [6.45, 7) is 2.76. The van der Waals surface area contributed by atoms with Gasteiger partial charge in [-0.3, -0.25) is 14.4 Å². The van der Waals surface area contributed by atoms with Crippen molar-refractivity contribution in [3.8, 4) is 5.75 Å². The number of ether oxygens (including phenoxy) is 1. The Morgan fingerprint density at radius 2 is 1.63 bits per heavy atom. The Labute approximate surface area is 211 Å². The van der Waals surface area contributed by atoms with E-state index in [0.717, 1.165) is 0 Å². The van der Waals surface area contributed by atoms with E-state index in [1.807, 2.05) is 0 Å². The quantitative estimate of drug-likeness (QED) is 0.447. The van der Waals surface area contributed by atoms with Crippen molar-refractivity contribution in [1.29, 1.82) is 0 Å². The molecule has 0 aliphatic heterocycles. The van der Waals surface area contributed by atoms with E-state index in [2.05, 4.69) is 10.6 Å². The molecule has 0 aliphatic carbocycles. The molecule has 0 aliphatic rings. The predicted molar refractivity (Wildman–Crippen MR) is 126 cm³/mol. The van der Waals surface area contributed by atoms with Crippen LogP contribution >= 0.6 is 23.2 Å². The summed E-state index contributed by atoms with van der Waals surface area (Å²) in [5.74, 6) is -4.06. The molecule has 2 aromatic rings. The number of rotatable bonds is 10. The normalized spacial score (nSPS) is 13.2. The van der Waals surface area contributed by atoms with Crippen molar-refractivity contribution in [2.45, 2.75) is 44.9 Å². The molecule has 11 heteroatoms. The fraction of sp³-hybridized carbons (Fsp3) is 0.375. The molecule has 0 heterocycles. The van der Waals surface area contributed by atoms with E-state index >= 15 is 0 Å². The van der Waals surface area contributed by atoms with Gasteiger partial charge in [-0.1, -0.05) is 49.2 Å². The monoisotopic (exact) mass is 532 g/mol. The molecule has 0 unspecified atom stereocenters. The minimum absolute atomic E-state index is 0.0560.